The van der Waals surface area contributed by atoms with Crippen LogP contribution in [0.15, 0.2) is 41.3 Å². The molecular weight excluding hydrogens is 383 g/mol. The van der Waals surface area contributed by atoms with E-state index in [1.165, 1.54) is 12.1 Å². The second-order valence-electron chi connectivity index (χ2n) is 7.89. The summed E-state index contributed by atoms with van der Waals surface area (Å²) in [6.07, 6.45) is 2.55. The molecule has 4 rings (SSSR count). The second-order valence-corrected chi connectivity index (χ2v) is 7.89. The number of benzene rings is 1. The Balaban J connectivity index is 1.50. The van der Waals surface area contributed by atoms with E-state index in [1.807, 2.05) is 26.0 Å². The number of pyridine rings is 1. The molecule has 1 N–H and O–H groups in total. The summed E-state index contributed by atoms with van der Waals surface area (Å²) < 4.78 is 19.0. The number of nitrogens with zero attached hydrogens (tertiary/aromatic N) is 3. The molecule has 0 unspecified atom stereocenters. The van der Waals surface area contributed by atoms with Gasteiger partial charge in [-0.25, -0.2) is 9.37 Å². The van der Waals surface area contributed by atoms with Gasteiger partial charge in [-0.2, -0.15) is 0 Å². The minimum atomic E-state index is -0.330. The zero-order chi connectivity index (χ0) is 21.3. The molecule has 156 valence electrons. The van der Waals surface area contributed by atoms with E-state index in [-0.39, 0.29) is 17.3 Å². The molecule has 1 aromatic carbocycles. The summed E-state index contributed by atoms with van der Waals surface area (Å²) in [4.78, 5) is 26.8. The van der Waals surface area contributed by atoms with Crippen LogP contribution in [0.4, 0.5) is 4.39 Å². The van der Waals surface area contributed by atoms with E-state index in [4.69, 9.17) is 4.74 Å². The Hall–Kier alpha value is -3.06. The van der Waals surface area contributed by atoms with Crippen LogP contribution in [0.3, 0.4) is 0 Å². The van der Waals surface area contributed by atoms with E-state index >= 15 is 0 Å². The van der Waals surface area contributed by atoms with E-state index < -0.39 is 0 Å². The molecule has 6 nitrogen and oxygen atoms in total. The fourth-order valence-corrected chi connectivity index (χ4v) is 3.72. The van der Waals surface area contributed by atoms with Gasteiger partial charge in [0.15, 0.2) is 0 Å². The maximum atomic E-state index is 13.7. The number of H-pyrrole nitrogens is 1. The van der Waals surface area contributed by atoms with Crippen LogP contribution in [0.2, 0.25) is 0 Å². The largest absolute Gasteiger partial charge is 0.496 e. The summed E-state index contributed by atoms with van der Waals surface area (Å²) >= 11 is 0. The number of aromatic nitrogens is 3. The number of nitrogens with one attached hydrogen (secondary N) is 1. The molecule has 0 spiro atoms. The molecule has 0 amide bonds. The minimum absolute atomic E-state index is 0.0416. The van der Waals surface area contributed by atoms with Crippen LogP contribution in [-0.2, 0) is 19.5 Å². The number of fused-ring (bicyclic) bond motifs is 1. The summed E-state index contributed by atoms with van der Waals surface area (Å²) in [5.74, 6) is 1.20. The highest BCUT2D eigenvalue weighted by Gasteiger charge is 2.22. The van der Waals surface area contributed by atoms with E-state index in [9.17, 15) is 9.18 Å². The predicted molar refractivity (Wildman–Crippen MR) is 113 cm³/mol. The lowest BCUT2D eigenvalue weighted by atomic mass is 10.0. The van der Waals surface area contributed by atoms with Gasteiger partial charge >= 0.3 is 0 Å². The smallest absolute Gasteiger partial charge is 0.255 e. The molecule has 30 heavy (non-hydrogen) atoms. The molecule has 0 fully saturated rings. The highest BCUT2D eigenvalue weighted by molar-refractivity contribution is 5.67. The first kappa shape index (κ1) is 20.2. The molecule has 0 saturated heterocycles. The summed E-state index contributed by atoms with van der Waals surface area (Å²) in [7, 11) is 1.56. The average molecular weight is 408 g/mol. The fraction of sp³-hybridized carbons (Fsp3) is 0.348. The van der Waals surface area contributed by atoms with E-state index in [1.54, 1.807) is 19.4 Å². The fourth-order valence-electron chi connectivity index (χ4n) is 3.72. The van der Waals surface area contributed by atoms with Crippen LogP contribution >= 0.6 is 0 Å². The number of rotatable bonds is 5. The van der Waals surface area contributed by atoms with Crippen LogP contribution < -0.4 is 10.3 Å². The Morgan fingerprint density at radius 2 is 2.10 bits per heavy atom. The molecule has 7 heteroatoms. The first-order valence-electron chi connectivity index (χ1n) is 10.1. The molecule has 2 aromatic heterocycles. The maximum absolute atomic E-state index is 13.7. The summed E-state index contributed by atoms with van der Waals surface area (Å²) in [5, 5.41) is 0. The van der Waals surface area contributed by atoms with Crippen molar-refractivity contribution in [2.75, 3.05) is 13.7 Å². The Morgan fingerprint density at radius 1 is 1.27 bits per heavy atom. The third-order valence-corrected chi connectivity index (χ3v) is 5.38. The predicted octanol–water partition coefficient (Wildman–Crippen LogP) is 3.66. The van der Waals surface area contributed by atoms with Gasteiger partial charge in [0.25, 0.3) is 5.56 Å². The third kappa shape index (κ3) is 4.11. The number of methoxy groups -OCH3 is 1. The van der Waals surface area contributed by atoms with Gasteiger partial charge in [-0.05, 0) is 29.8 Å². The van der Waals surface area contributed by atoms with Crippen molar-refractivity contribution in [3.8, 4) is 17.0 Å². The topological polar surface area (TPSA) is 71.1 Å². The lowest BCUT2D eigenvalue weighted by Gasteiger charge is -2.28. The van der Waals surface area contributed by atoms with Crippen molar-refractivity contribution in [2.45, 2.75) is 39.3 Å². The van der Waals surface area contributed by atoms with Crippen LogP contribution in [0.5, 0.6) is 5.75 Å². The van der Waals surface area contributed by atoms with Crippen LogP contribution in [0.1, 0.15) is 42.4 Å². The van der Waals surface area contributed by atoms with Crippen molar-refractivity contribution < 1.29 is 9.13 Å². The first-order valence-corrected chi connectivity index (χ1v) is 10.1. The van der Waals surface area contributed by atoms with Gasteiger partial charge in [-0.1, -0.05) is 19.9 Å². The molecule has 1 aliphatic rings. The Morgan fingerprint density at radius 3 is 2.80 bits per heavy atom. The van der Waals surface area contributed by atoms with Crippen molar-refractivity contribution in [1.29, 1.82) is 0 Å². The normalized spacial score (nSPS) is 14.0. The van der Waals surface area contributed by atoms with Crippen LogP contribution in [0, 0.1) is 5.82 Å². The summed E-state index contributed by atoms with van der Waals surface area (Å²) in [5.41, 5.74) is 3.92. The van der Waals surface area contributed by atoms with Gasteiger partial charge in [0, 0.05) is 43.7 Å². The molecule has 0 saturated carbocycles. The molecule has 0 atom stereocenters. The molecule has 3 heterocycles. The number of ether oxygens (including phenoxy) is 1. The number of aromatic amines is 1. The standard InChI is InChI=1S/C23H25FN4O2/c1-14(2)22-26-20-8-9-28(13-18(20)23(29)27-22)12-15-4-6-19(25-11-15)17-10-16(24)5-7-21(17)30-3/h4-7,10-11,14H,8-9,12-13H2,1-3H3,(H,26,27,29). The van der Waals surface area contributed by atoms with Crippen LogP contribution in [-0.4, -0.2) is 33.5 Å². The molecule has 0 radical (unpaired) electrons. The SMILES string of the molecule is COc1ccc(F)cc1-c1ccc(CN2CCc3nc(C(C)C)[nH]c(=O)c3C2)cn1. The van der Waals surface area contributed by atoms with Gasteiger partial charge in [0.2, 0.25) is 0 Å². The number of hydrogen-bond acceptors (Lipinski definition) is 5. The first-order chi connectivity index (χ1) is 14.4. The molecule has 3 aromatic rings. The average Bonchev–Trinajstić information content (AvgIpc) is 2.74. The van der Waals surface area contributed by atoms with Crippen molar-refractivity contribution in [3.63, 3.8) is 0 Å². The zero-order valence-electron chi connectivity index (χ0n) is 17.4. The third-order valence-electron chi connectivity index (χ3n) is 5.38. The lowest BCUT2D eigenvalue weighted by molar-refractivity contribution is 0.241. The molecule has 1 aliphatic heterocycles. The van der Waals surface area contributed by atoms with Crippen molar-refractivity contribution >= 4 is 0 Å². The van der Waals surface area contributed by atoms with E-state index in [2.05, 4.69) is 19.9 Å². The van der Waals surface area contributed by atoms with Gasteiger partial charge < -0.3 is 9.72 Å². The highest BCUT2D eigenvalue weighted by atomic mass is 19.1. The van der Waals surface area contributed by atoms with E-state index in [0.717, 1.165) is 35.6 Å². The highest BCUT2D eigenvalue weighted by Crippen LogP contribution is 2.29. The minimum Gasteiger partial charge on any atom is -0.496 e. The molecule has 0 aliphatic carbocycles. The quantitative estimate of drug-likeness (QED) is 0.698. The van der Waals surface area contributed by atoms with Gasteiger partial charge in [0.1, 0.15) is 17.4 Å². The number of hydrogen-bond donors (Lipinski definition) is 1. The molecular formula is C23H25FN4O2. The Kier molecular flexibility index (Phi) is 5.63. The Labute approximate surface area is 174 Å². The Bertz CT molecular complexity index is 1110. The van der Waals surface area contributed by atoms with Crippen molar-refractivity contribution in [2.24, 2.45) is 0 Å². The van der Waals surface area contributed by atoms with Gasteiger partial charge in [-0.3, -0.25) is 14.7 Å². The number of halogens is 1. The van der Waals surface area contributed by atoms with Crippen molar-refractivity contribution in [1.82, 2.24) is 19.9 Å². The molecule has 0 bridgehead atoms. The maximum Gasteiger partial charge on any atom is 0.255 e. The van der Waals surface area contributed by atoms with Gasteiger partial charge in [-0.15, -0.1) is 0 Å². The summed E-state index contributed by atoms with van der Waals surface area (Å²) in [6.45, 7) is 6.13. The van der Waals surface area contributed by atoms with Crippen LogP contribution in [0.25, 0.3) is 11.3 Å². The van der Waals surface area contributed by atoms with Crippen molar-refractivity contribution in [3.05, 3.63) is 75.3 Å². The van der Waals surface area contributed by atoms with E-state index in [0.29, 0.717) is 30.1 Å². The monoisotopic (exact) mass is 408 g/mol. The second kappa shape index (κ2) is 8.36. The lowest BCUT2D eigenvalue weighted by Crippen LogP contribution is -2.36. The zero-order valence-corrected chi connectivity index (χ0v) is 17.4. The summed E-state index contributed by atoms with van der Waals surface area (Å²) in [6, 6.07) is 8.24. The van der Waals surface area contributed by atoms with Gasteiger partial charge in [0.05, 0.1) is 24.1 Å².